The van der Waals surface area contributed by atoms with E-state index in [9.17, 15) is 14.9 Å². The van der Waals surface area contributed by atoms with Crippen molar-refractivity contribution in [1.29, 1.82) is 0 Å². The molecule has 184 valence electrons. The SMILES string of the molecule is CCOc1cc(N2CCOCC2)c(OCC)cc1NC(=O)c1cnn(-c2ccc([N+](=O)[O-])cc2)c1. The number of ether oxygens (including phenoxy) is 3. The first kappa shape index (κ1) is 24.0. The highest BCUT2D eigenvalue weighted by Crippen LogP contribution is 2.39. The van der Waals surface area contributed by atoms with Gasteiger partial charge < -0.3 is 24.4 Å². The van der Waals surface area contributed by atoms with Crippen molar-refractivity contribution in [3.63, 3.8) is 0 Å². The molecule has 1 amide bonds. The standard InChI is InChI=1S/C24H27N5O6/c1-3-34-22-14-21(27-9-11-33-12-10-27)23(35-4-2)13-20(22)26-24(30)17-15-25-28(16-17)18-5-7-19(8-6-18)29(31)32/h5-8,13-16H,3-4,9-12H2,1-2H3,(H,26,30). The van der Waals surface area contributed by atoms with Gasteiger partial charge in [-0.1, -0.05) is 0 Å². The van der Waals surface area contributed by atoms with Crippen LogP contribution in [-0.4, -0.2) is 60.1 Å². The summed E-state index contributed by atoms with van der Waals surface area (Å²) >= 11 is 0. The number of nitrogens with one attached hydrogen (secondary N) is 1. The Labute approximate surface area is 202 Å². The number of nitro benzene ring substituents is 1. The first-order valence-corrected chi connectivity index (χ1v) is 11.4. The van der Waals surface area contributed by atoms with Gasteiger partial charge in [-0.2, -0.15) is 5.10 Å². The molecule has 11 heteroatoms. The highest BCUT2D eigenvalue weighted by Gasteiger charge is 2.21. The quantitative estimate of drug-likeness (QED) is 0.363. The number of carbonyl (C=O) groups excluding carboxylic acids is 1. The van der Waals surface area contributed by atoms with E-state index in [4.69, 9.17) is 14.2 Å². The van der Waals surface area contributed by atoms with Crippen LogP contribution in [0.2, 0.25) is 0 Å². The van der Waals surface area contributed by atoms with Gasteiger partial charge in [0, 0.05) is 43.6 Å². The van der Waals surface area contributed by atoms with Gasteiger partial charge in [0.15, 0.2) is 0 Å². The summed E-state index contributed by atoms with van der Waals surface area (Å²) in [4.78, 5) is 25.6. The summed E-state index contributed by atoms with van der Waals surface area (Å²) in [6.07, 6.45) is 2.99. The number of rotatable bonds is 9. The molecule has 0 aliphatic carbocycles. The van der Waals surface area contributed by atoms with E-state index in [-0.39, 0.29) is 11.6 Å². The molecule has 1 aliphatic rings. The Morgan fingerprint density at radius 1 is 1.11 bits per heavy atom. The van der Waals surface area contributed by atoms with Gasteiger partial charge in [0.05, 0.1) is 60.2 Å². The molecular weight excluding hydrogens is 454 g/mol. The molecule has 11 nitrogen and oxygen atoms in total. The van der Waals surface area contributed by atoms with E-state index in [2.05, 4.69) is 15.3 Å². The minimum Gasteiger partial charge on any atom is -0.492 e. The van der Waals surface area contributed by atoms with Gasteiger partial charge in [-0.25, -0.2) is 4.68 Å². The number of anilines is 2. The average molecular weight is 482 g/mol. The van der Waals surface area contributed by atoms with Crippen LogP contribution in [0.3, 0.4) is 0 Å². The van der Waals surface area contributed by atoms with Crippen molar-refractivity contribution in [3.8, 4) is 17.2 Å². The van der Waals surface area contributed by atoms with E-state index >= 15 is 0 Å². The molecule has 2 heterocycles. The molecule has 0 unspecified atom stereocenters. The van der Waals surface area contributed by atoms with E-state index in [1.807, 2.05) is 19.9 Å². The van der Waals surface area contributed by atoms with Crippen LogP contribution < -0.4 is 19.7 Å². The molecule has 0 bridgehead atoms. The van der Waals surface area contributed by atoms with Crippen molar-refractivity contribution in [1.82, 2.24) is 9.78 Å². The topological polar surface area (TPSA) is 121 Å². The molecule has 3 aromatic rings. The van der Waals surface area contributed by atoms with Crippen molar-refractivity contribution in [2.45, 2.75) is 13.8 Å². The Kier molecular flexibility index (Phi) is 7.46. The fourth-order valence-corrected chi connectivity index (χ4v) is 3.75. The number of morpholine rings is 1. The second-order valence-corrected chi connectivity index (χ2v) is 7.68. The van der Waals surface area contributed by atoms with Gasteiger partial charge >= 0.3 is 0 Å². The van der Waals surface area contributed by atoms with Crippen LogP contribution in [0.4, 0.5) is 17.1 Å². The Morgan fingerprint density at radius 3 is 2.46 bits per heavy atom. The van der Waals surface area contributed by atoms with E-state index in [1.165, 1.54) is 23.0 Å². The molecule has 0 atom stereocenters. The summed E-state index contributed by atoms with van der Waals surface area (Å²) in [5.41, 5.74) is 2.27. The van der Waals surface area contributed by atoms with Gasteiger partial charge in [-0.3, -0.25) is 14.9 Å². The number of amides is 1. The lowest BCUT2D eigenvalue weighted by Crippen LogP contribution is -2.36. The van der Waals surface area contributed by atoms with Crippen molar-refractivity contribution in [2.75, 3.05) is 49.7 Å². The zero-order chi connectivity index (χ0) is 24.8. The largest absolute Gasteiger partial charge is 0.492 e. The van der Waals surface area contributed by atoms with Gasteiger partial charge in [-0.05, 0) is 26.0 Å². The average Bonchev–Trinajstić information content (AvgIpc) is 3.37. The maximum atomic E-state index is 13.0. The summed E-state index contributed by atoms with van der Waals surface area (Å²) in [5, 5.41) is 18.0. The maximum Gasteiger partial charge on any atom is 0.269 e. The Morgan fingerprint density at radius 2 is 1.80 bits per heavy atom. The molecule has 1 fully saturated rings. The predicted molar refractivity (Wildman–Crippen MR) is 130 cm³/mol. The Bertz CT molecular complexity index is 1190. The fourth-order valence-electron chi connectivity index (χ4n) is 3.75. The van der Waals surface area contributed by atoms with E-state index in [1.54, 1.807) is 24.4 Å². The van der Waals surface area contributed by atoms with Crippen LogP contribution in [0.25, 0.3) is 5.69 Å². The van der Waals surface area contributed by atoms with Crippen LogP contribution in [0.5, 0.6) is 11.5 Å². The summed E-state index contributed by atoms with van der Waals surface area (Å²) in [7, 11) is 0. The van der Waals surface area contributed by atoms with Gasteiger partial charge in [-0.15, -0.1) is 0 Å². The predicted octanol–water partition coefficient (Wildman–Crippen LogP) is 3.67. The molecule has 1 aromatic heterocycles. The number of hydrogen-bond donors (Lipinski definition) is 1. The van der Waals surface area contributed by atoms with Crippen LogP contribution in [0.15, 0.2) is 48.8 Å². The van der Waals surface area contributed by atoms with Crippen molar-refractivity contribution < 1.29 is 23.9 Å². The van der Waals surface area contributed by atoms with Crippen molar-refractivity contribution in [3.05, 3.63) is 64.5 Å². The van der Waals surface area contributed by atoms with Crippen molar-refractivity contribution >= 4 is 23.0 Å². The molecular formula is C24H27N5O6. The second kappa shape index (κ2) is 10.9. The number of benzene rings is 2. The molecule has 0 spiro atoms. The van der Waals surface area contributed by atoms with Crippen LogP contribution >= 0.6 is 0 Å². The molecule has 1 N–H and O–H groups in total. The van der Waals surface area contributed by atoms with E-state index < -0.39 is 4.92 Å². The van der Waals surface area contributed by atoms with Gasteiger partial charge in [0.1, 0.15) is 11.5 Å². The minimum absolute atomic E-state index is 0.0204. The molecule has 4 rings (SSSR count). The van der Waals surface area contributed by atoms with Crippen LogP contribution in [0.1, 0.15) is 24.2 Å². The highest BCUT2D eigenvalue weighted by atomic mass is 16.6. The number of hydrogen-bond acceptors (Lipinski definition) is 8. The third kappa shape index (κ3) is 5.52. The maximum absolute atomic E-state index is 13.0. The Balaban J connectivity index is 1.58. The third-order valence-electron chi connectivity index (χ3n) is 5.43. The summed E-state index contributed by atoms with van der Waals surface area (Å²) in [5.74, 6) is 0.809. The van der Waals surface area contributed by atoms with Crippen molar-refractivity contribution in [2.24, 2.45) is 0 Å². The first-order valence-electron chi connectivity index (χ1n) is 11.4. The third-order valence-corrected chi connectivity index (χ3v) is 5.43. The summed E-state index contributed by atoms with van der Waals surface area (Å²) in [6, 6.07) is 9.57. The van der Waals surface area contributed by atoms with Crippen LogP contribution in [-0.2, 0) is 4.74 Å². The Hall–Kier alpha value is -4.12. The number of non-ortho nitro benzene ring substituents is 1. The lowest BCUT2D eigenvalue weighted by molar-refractivity contribution is -0.384. The van der Waals surface area contributed by atoms with E-state index in [0.717, 1.165) is 18.8 Å². The number of nitro groups is 1. The smallest absolute Gasteiger partial charge is 0.269 e. The molecule has 35 heavy (non-hydrogen) atoms. The number of carbonyl (C=O) groups is 1. The normalized spacial score (nSPS) is 13.4. The zero-order valence-corrected chi connectivity index (χ0v) is 19.6. The van der Waals surface area contributed by atoms with Crippen LogP contribution in [0, 0.1) is 10.1 Å². The molecule has 0 saturated carbocycles. The van der Waals surface area contributed by atoms with Gasteiger partial charge in [0.25, 0.3) is 11.6 Å². The lowest BCUT2D eigenvalue weighted by atomic mass is 10.2. The highest BCUT2D eigenvalue weighted by molar-refractivity contribution is 6.05. The molecule has 1 saturated heterocycles. The molecule has 2 aromatic carbocycles. The molecule has 1 aliphatic heterocycles. The summed E-state index contributed by atoms with van der Waals surface area (Å²) in [6.45, 7) is 7.42. The monoisotopic (exact) mass is 481 g/mol. The summed E-state index contributed by atoms with van der Waals surface area (Å²) < 4.78 is 18.7. The minimum atomic E-state index is -0.470. The molecule has 0 radical (unpaired) electrons. The lowest BCUT2D eigenvalue weighted by Gasteiger charge is -2.31. The first-order chi connectivity index (χ1) is 17.0. The van der Waals surface area contributed by atoms with E-state index in [0.29, 0.717) is 54.9 Å². The number of nitrogens with zero attached hydrogens (tertiary/aromatic N) is 4. The fraction of sp³-hybridized carbons (Fsp3) is 0.333. The zero-order valence-electron chi connectivity index (χ0n) is 19.6. The van der Waals surface area contributed by atoms with Gasteiger partial charge in [0.2, 0.25) is 0 Å². The second-order valence-electron chi connectivity index (χ2n) is 7.68. The number of aromatic nitrogens is 2.